The molecule has 0 aliphatic carbocycles. The first-order valence-electron chi connectivity index (χ1n) is 7.84. The van der Waals surface area contributed by atoms with E-state index in [9.17, 15) is 9.59 Å². The van der Waals surface area contributed by atoms with E-state index in [1.54, 1.807) is 42.6 Å². The molecule has 0 saturated heterocycles. The third-order valence-electron chi connectivity index (χ3n) is 4.00. The summed E-state index contributed by atoms with van der Waals surface area (Å²) in [5.41, 5.74) is 6.93. The SMILES string of the molecule is NC(=O)[C@@H](Cc1c(Cl)cccc1Cl)NC(=O)c1cccc2cccnc12. The summed E-state index contributed by atoms with van der Waals surface area (Å²) in [4.78, 5) is 28.8. The Balaban J connectivity index is 1.88. The highest BCUT2D eigenvalue weighted by Gasteiger charge is 2.23. The molecule has 0 fully saturated rings. The minimum atomic E-state index is -0.959. The molecule has 5 nitrogen and oxygen atoms in total. The van der Waals surface area contributed by atoms with Crippen LogP contribution >= 0.6 is 23.2 Å². The Morgan fingerprint density at radius 3 is 2.38 bits per heavy atom. The van der Waals surface area contributed by atoms with Gasteiger partial charge in [-0.3, -0.25) is 14.6 Å². The number of nitrogens with two attached hydrogens (primary N) is 1. The van der Waals surface area contributed by atoms with E-state index in [4.69, 9.17) is 28.9 Å². The van der Waals surface area contributed by atoms with Gasteiger partial charge in [-0.05, 0) is 29.8 Å². The maximum Gasteiger partial charge on any atom is 0.254 e. The van der Waals surface area contributed by atoms with Gasteiger partial charge < -0.3 is 11.1 Å². The first-order chi connectivity index (χ1) is 12.5. The highest BCUT2D eigenvalue weighted by Crippen LogP contribution is 2.25. The molecule has 1 aromatic heterocycles. The zero-order valence-corrected chi connectivity index (χ0v) is 15.1. The number of nitrogens with zero attached hydrogens (tertiary/aromatic N) is 1. The number of nitrogens with one attached hydrogen (secondary N) is 1. The monoisotopic (exact) mass is 387 g/mol. The van der Waals surface area contributed by atoms with Crippen molar-refractivity contribution in [3.05, 3.63) is 75.9 Å². The van der Waals surface area contributed by atoms with Gasteiger partial charge in [0.1, 0.15) is 6.04 Å². The van der Waals surface area contributed by atoms with E-state index < -0.39 is 17.9 Å². The third kappa shape index (κ3) is 3.79. The predicted octanol–water partition coefficient (Wildman–Crippen LogP) is 3.37. The molecule has 1 heterocycles. The number of halogens is 2. The number of hydrogen-bond acceptors (Lipinski definition) is 3. The maximum absolute atomic E-state index is 12.7. The van der Waals surface area contributed by atoms with Gasteiger partial charge in [0, 0.05) is 28.0 Å². The zero-order chi connectivity index (χ0) is 18.7. The van der Waals surface area contributed by atoms with Crippen LogP contribution in [0.15, 0.2) is 54.7 Å². The third-order valence-corrected chi connectivity index (χ3v) is 4.70. The van der Waals surface area contributed by atoms with Crippen LogP contribution < -0.4 is 11.1 Å². The van der Waals surface area contributed by atoms with Crippen LogP contribution in [-0.2, 0) is 11.2 Å². The molecule has 1 atom stereocenters. The average molecular weight is 388 g/mol. The standard InChI is InChI=1S/C19H15Cl2N3O2/c20-14-7-2-8-15(21)13(14)10-16(18(22)25)24-19(26)12-6-1-4-11-5-3-9-23-17(11)12/h1-9,16H,10H2,(H2,22,25)(H,24,26)/t16-/m1/s1. The lowest BCUT2D eigenvalue weighted by molar-refractivity contribution is -0.119. The largest absolute Gasteiger partial charge is 0.368 e. The van der Waals surface area contributed by atoms with Gasteiger partial charge in [0.2, 0.25) is 5.91 Å². The molecule has 3 N–H and O–H groups in total. The van der Waals surface area contributed by atoms with Crippen molar-refractivity contribution in [2.45, 2.75) is 12.5 Å². The molecular formula is C19H15Cl2N3O2. The molecule has 132 valence electrons. The van der Waals surface area contributed by atoms with Crippen LogP contribution in [0.4, 0.5) is 0 Å². The second-order valence-electron chi connectivity index (χ2n) is 5.71. The summed E-state index contributed by atoms with van der Waals surface area (Å²) in [7, 11) is 0. The van der Waals surface area contributed by atoms with Crippen molar-refractivity contribution in [2.24, 2.45) is 5.73 Å². The minimum Gasteiger partial charge on any atom is -0.368 e. The number of aromatic nitrogens is 1. The van der Waals surface area contributed by atoms with Gasteiger partial charge in [-0.2, -0.15) is 0 Å². The second-order valence-corrected chi connectivity index (χ2v) is 6.53. The summed E-state index contributed by atoms with van der Waals surface area (Å²) in [5.74, 6) is -1.12. The molecule has 0 aliphatic heterocycles. The summed E-state index contributed by atoms with van der Waals surface area (Å²) in [6.45, 7) is 0. The quantitative estimate of drug-likeness (QED) is 0.703. The lowest BCUT2D eigenvalue weighted by Gasteiger charge is -2.17. The fourth-order valence-corrected chi connectivity index (χ4v) is 3.23. The van der Waals surface area contributed by atoms with E-state index in [0.29, 0.717) is 26.7 Å². The smallest absolute Gasteiger partial charge is 0.254 e. The Morgan fingerprint density at radius 2 is 1.69 bits per heavy atom. The van der Waals surface area contributed by atoms with Crippen LogP contribution in [0.2, 0.25) is 10.0 Å². The molecular weight excluding hydrogens is 373 g/mol. The summed E-state index contributed by atoms with van der Waals surface area (Å²) >= 11 is 12.3. The summed E-state index contributed by atoms with van der Waals surface area (Å²) in [6, 6.07) is 13.0. The highest BCUT2D eigenvalue weighted by atomic mass is 35.5. The Kier molecular flexibility index (Phi) is 5.40. The van der Waals surface area contributed by atoms with Crippen molar-refractivity contribution in [3.63, 3.8) is 0 Å². The number of carbonyl (C=O) groups is 2. The van der Waals surface area contributed by atoms with Gasteiger partial charge in [0.25, 0.3) is 5.91 Å². The number of para-hydroxylation sites is 1. The molecule has 2 amide bonds. The molecule has 3 aromatic rings. The molecule has 0 aliphatic rings. The van der Waals surface area contributed by atoms with Crippen molar-refractivity contribution in [1.82, 2.24) is 10.3 Å². The Hall–Kier alpha value is -2.63. The minimum absolute atomic E-state index is 0.0950. The number of fused-ring (bicyclic) bond motifs is 1. The topological polar surface area (TPSA) is 85.1 Å². The van der Waals surface area contributed by atoms with Crippen molar-refractivity contribution in [2.75, 3.05) is 0 Å². The first kappa shape index (κ1) is 18.2. The van der Waals surface area contributed by atoms with Gasteiger partial charge in [0.05, 0.1) is 11.1 Å². The van der Waals surface area contributed by atoms with E-state index >= 15 is 0 Å². The van der Waals surface area contributed by atoms with Crippen LogP contribution in [-0.4, -0.2) is 22.8 Å². The molecule has 2 aromatic carbocycles. The van der Waals surface area contributed by atoms with Crippen LogP contribution in [0.5, 0.6) is 0 Å². The molecule has 7 heteroatoms. The lowest BCUT2D eigenvalue weighted by atomic mass is 10.0. The fraction of sp³-hybridized carbons (Fsp3) is 0.105. The maximum atomic E-state index is 12.7. The van der Waals surface area contributed by atoms with E-state index in [-0.39, 0.29) is 6.42 Å². The van der Waals surface area contributed by atoms with Gasteiger partial charge in [0.15, 0.2) is 0 Å². The summed E-state index contributed by atoms with van der Waals surface area (Å²) in [6.07, 6.45) is 1.70. The van der Waals surface area contributed by atoms with Gasteiger partial charge >= 0.3 is 0 Å². The van der Waals surface area contributed by atoms with Gasteiger partial charge in [-0.1, -0.05) is 47.5 Å². The fourth-order valence-electron chi connectivity index (χ4n) is 2.68. The van der Waals surface area contributed by atoms with E-state index in [0.717, 1.165) is 5.39 Å². The van der Waals surface area contributed by atoms with Crippen molar-refractivity contribution < 1.29 is 9.59 Å². The number of amides is 2. The Morgan fingerprint density at radius 1 is 1.04 bits per heavy atom. The van der Waals surface area contributed by atoms with E-state index in [2.05, 4.69) is 10.3 Å². The summed E-state index contributed by atoms with van der Waals surface area (Å²) in [5, 5.41) is 4.30. The highest BCUT2D eigenvalue weighted by molar-refractivity contribution is 6.36. The predicted molar refractivity (Wildman–Crippen MR) is 102 cm³/mol. The van der Waals surface area contributed by atoms with Crippen molar-refractivity contribution in [1.29, 1.82) is 0 Å². The van der Waals surface area contributed by atoms with Gasteiger partial charge in [-0.15, -0.1) is 0 Å². The number of rotatable bonds is 5. The molecule has 26 heavy (non-hydrogen) atoms. The van der Waals surface area contributed by atoms with E-state index in [1.165, 1.54) is 0 Å². The molecule has 0 unspecified atom stereocenters. The van der Waals surface area contributed by atoms with Gasteiger partial charge in [-0.25, -0.2) is 0 Å². The lowest BCUT2D eigenvalue weighted by Crippen LogP contribution is -2.46. The number of pyridine rings is 1. The number of hydrogen-bond donors (Lipinski definition) is 2. The first-order valence-corrected chi connectivity index (χ1v) is 8.60. The van der Waals surface area contributed by atoms with Crippen LogP contribution in [0.25, 0.3) is 10.9 Å². The van der Waals surface area contributed by atoms with Crippen molar-refractivity contribution in [3.8, 4) is 0 Å². The Bertz CT molecular complexity index is 966. The average Bonchev–Trinajstić information content (AvgIpc) is 2.63. The summed E-state index contributed by atoms with van der Waals surface area (Å²) < 4.78 is 0. The zero-order valence-electron chi connectivity index (χ0n) is 13.6. The molecule has 0 saturated carbocycles. The number of carbonyl (C=O) groups excluding carboxylic acids is 2. The number of benzene rings is 2. The van der Waals surface area contributed by atoms with E-state index in [1.807, 2.05) is 12.1 Å². The second kappa shape index (κ2) is 7.72. The molecule has 0 bridgehead atoms. The number of primary amides is 1. The van der Waals surface area contributed by atoms with Crippen LogP contribution in [0, 0.1) is 0 Å². The molecule has 0 radical (unpaired) electrons. The Labute approximate surface area is 160 Å². The normalized spacial score (nSPS) is 11.9. The molecule has 0 spiro atoms. The molecule has 3 rings (SSSR count). The van der Waals surface area contributed by atoms with Crippen molar-refractivity contribution >= 4 is 45.9 Å². The van der Waals surface area contributed by atoms with Crippen LogP contribution in [0.1, 0.15) is 15.9 Å². The van der Waals surface area contributed by atoms with Crippen LogP contribution in [0.3, 0.4) is 0 Å².